The van der Waals surface area contributed by atoms with E-state index in [1.807, 2.05) is 45.0 Å². The molecule has 4 rings (SSSR count). The number of amides is 4. The van der Waals surface area contributed by atoms with Crippen molar-refractivity contribution in [1.82, 2.24) is 14.8 Å². The number of aromatic nitrogens is 1. The highest BCUT2D eigenvalue weighted by atomic mass is 35.5. The molecule has 0 spiro atoms. The summed E-state index contributed by atoms with van der Waals surface area (Å²) in [6, 6.07) is 6.87. The summed E-state index contributed by atoms with van der Waals surface area (Å²) in [6.45, 7) is 5.91. The van der Waals surface area contributed by atoms with Gasteiger partial charge in [0.2, 0.25) is 0 Å². The first-order chi connectivity index (χ1) is 14.3. The molecule has 1 aliphatic carbocycles. The first-order valence-corrected chi connectivity index (χ1v) is 10.5. The van der Waals surface area contributed by atoms with Crippen LogP contribution in [-0.2, 0) is 9.59 Å². The minimum atomic E-state index is -0.650. The Morgan fingerprint density at radius 1 is 1.07 bits per heavy atom. The fraction of sp³-hybridized carbons (Fsp3) is 0.348. The number of halogens is 1. The first kappa shape index (κ1) is 20.4. The molecule has 1 aromatic carbocycles. The van der Waals surface area contributed by atoms with Crippen LogP contribution < -0.4 is 5.32 Å². The predicted octanol–water partition coefficient (Wildman–Crippen LogP) is 4.46. The SMILES string of the molecule is Cc1ccc(Cl)cc1-n1c(C)cc(/C=C2\C(=O)NC(=O)N(C3CCCC3)C2=O)c1C. The normalized spacial score (nSPS) is 19.1. The van der Waals surface area contributed by atoms with Crippen LogP contribution in [0.1, 0.15) is 48.2 Å². The molecule has 7 heteroatoms. The van der Waals surface area contributed by atoms with Crippen molar-refractivity contribution >= 4 is 35.5 Å². The maximum atomic E-state index is 13.1. The van der Waals surface area contributed by atoms with Gasteiger partial charge in [-0.2, -0.15) is 0 Å². The number of aryl methyl sites for hydroxylation is 2. The van der Waals surface area contributed by atoms with Gasteiger partial charge in [-0.3, -0.25) is 19.8 Å². The minimum absolute atomic E-state index is 0.00966. The van der Waals surface area contributed by atoms with Gasteiger partial charge >= 0.3 is 6.03 Å². The molecule has 1 saturated heterocycles. The summed E-state index contributed by atoms with van der Waals surface area (Å²) in [6.07, 6.45) is 5.11. The molecule has 4 amide bonds. The molecule has 0 radical (unpaired) electrons. The molecule has 0 unspecified atom stereocenters. The lowest BCUT2D eigenvalue weighted by Crippen LogP contribution is -2.57. The first-order valence-electron chi connectivity index (χ1n) is 10.1. The lowest BCUT2D eigenvalue weighted by Gasteiger charge is -2.31. The third-order valence-corrected chi connectivity index (χ3v) is 6.24. The second-order valence-electron chi connectivity index (χ2n) is 8.02. The minimum Gasteiger partial charge on any atom is -0.318 e. The van der Waals surface area contributed by atoms with Crippen LogP contribution in [0.4, 0.5) is 4.79 Å². The van der Waals surface area contributed by atoms with Crippen molar-refractivity contribution in [2.24, 2.45) is 0 Å². The van der Waals surface area contributed by atoms with E-state index in [1.165, 1.54) is 4.90 Å². The lowest BCUT2D eigenvalue weighted by molar-refractivity contribution is -0.131. The van der Waals surface area contributed by atoms with Crippen LogP contribution in [-0.4, -0.2) is 33.4 Å². The Morgan fingerprint density at radius 2 is 1.77 bits per heavy atom. The Bertz CT molecular complexity index is 1090. The zero-order chi connectivity index (χ0) is 21.6. The number of urea groups is 1. The zero-order valence-electron chi connectivity index (χ0n) is 17.3. The van der Waals surface area contributed by atoms with Gasteiger partial charge in [0, 0.05) is 28.1 Å². The second-order valence-corrected chi connectivity index (χ2v) is 8.46. The lowest BCUT2D eigenvalue weighted by atomic mass is 10.1. The van der Waals surface area contributed by atoms with Gasteiger partial charge in [-0.25, -0.2) is 4.79 Å². The van der Waals surface area contributed by atoms with E-state index < -0.39 is 17.8 Å². The molecule has 2 aromatic rings. The van der Waals surface area contributed by atoms with Crippen molar-refractivity contribution in [3.05, 3.63) is 57.4 Å². The quantitative estimate of drug-likeness (QED) is 0.583. The van der Waals surface area contributed by atoms with Crippen molar-refractivity contribution in [3.63, 3.8) is 0 Å². The number of hydrogen-bond donors (Lipinski definition) is 1. The number of benzene rings is 1. The Morgan fingerprint density at radius 3 is 2.47 bits per heavy atom. The summed E-state index contributed by atoms with van der Waals surface area (Å²) in [5.41, 5.74) is 4.59. The molecule has 2 fully saturated rings. The predicted molar refractivity (Wildman–Crippen MR) is 116 cm³/mol. The van der Waals surface area contributed by atoms with Crippen LogP contribution in [0, 0.1) is 20.8 Å². The van der Waals surface area contributed by atoms with E-state index in [-0.39, 0.29) is 11.6 Å². The Kier molecular flexibility index (Phi) is 5.28. The maximum Gasteiger partial charge on any atom is 0.331 e. The molecule has 30 heavy (non-hydrogen) atoms. The number of barbiturate groups is 1. The molecule has 0 bridgehead atoms. The van der Waals surface area contributed by atoms with Gasteiger partial charge in [-0.15, -0.1) is 0 Å². The smallest absolute Gasteiger partial charge is 0.318 e. The monoisotopic (exact) mass is 425 g/mol. The average Bonchev–Trinajstić information content (AvgIpc) is 3.29. The van der Waals surface area contributed by atoms with E-state index in [4.69, 9.17) is 11.6 Å². The van der Waals surface area contributed by atoms with E-state index in [2.05, 4.69) is 9.88 Å². The fourth-order valence-electron chi connectivity index (χ4n) is 4.45. The van der Waals surface area contributed by atoms with Crippen LogP contribution in [0.3, 0.4) is 0 Å². The molecule has 2 aliphatic rings. The van der Waals surface area contributed by atoms with Crippen LogP contribution in [0.5, 0.6) is 0 Å². The summed E-state index contributed by atoms with van der Waals surface area (Å²) < 4.78 is 2.05. The zero-order valence-corrected chi connectivity index (χ0v) is 18.0. The molecule has 1 saturated carbocycles. The number of nitrogens with one attached hydrogen (secondary N) is 1. The molecular formula is C23H24ClN3O3. The largest absolute Gasteiger partial charge is 0.331 e. The summed E-state index contributed by atoms with van der Waals surface area (Å²) in [5.74, 6) is -1.16. The highest BCUT2D eigenvalue weighted by Gasteiger charge is 2.40. The van der Waals surface area contributed by atoms with E-state index in [9.17, 15) is 14.4 Å². The van der Waals surface area contributed by atoms with Crippen molar-refractivity contribution in [2.45, 2.75) is 52.5 Å². The number of carbonyl (C=O) groups excluding carboxylic acids is 3. The van der Waals surface area contributed by atoms with Crippen LogP contribution in [0.15, 0.2) is 29.8 Å². The highest BCUT2D eigenvalue weighted by molar-refractivity contribution is 6.31. The van der Waals surface area contributed by atoms with E-state index in [0.29, 0.717) is 5.02 Å². The van der Waals surface area contributed by atoms with E-state index in [0.717, 1.165) is 53.9 Å². The molecule has 1 aliphatic heterocycles. The topological polar surface area (TPSA) is 71.4 Å². The van der Waals surface area contributed by atoms with Gasteiger partial charge in [-0.1, -0.05) is 30.5 Å². The Labute approximate surface area is 180 Å². The van der Waals surface area contributed by atoms with Crippen molar-refractivity contribution < 1.29 is 14.4 Å². The number of nitrogens with zero attached hydrogens (tertiary/aromatic N) is 2. The molecule has 6 nitrogen and oxygen atoms in total. The summed E-state index contributed by atoms with van der Waals surface area (Å²) >= 11 is 6.20. The van der Waals surface area contributed by atoms with Crippen molar-refractivity contribution in [2.75, 3.05) is 0 Å². The van der Waals surface area contributed by atoms with Crippen LogP contribution >= 0.6 is 11.6 Å². The third-order valence-electron chi connectivity index (χ3n) is 6.01. The highest BCUT2D eigenvalue weighted by Crippen LogP contribution is 2.30. The number of hydrogen-bond acceptors (Lipinski definition) is 3. The van der Waals surface area contributed by atoms with Crippen LogP contribution in [0.2, 0.25) is 5.02 Å². The third kappa shape index (κ3) is 3.45. The van der Waals surface area contributed by atoms with Gasteiger partial charge in [-0.05, 0) is 69.0 Å². The standard InChI is InChI=1S/C23H24ClN3O3/c1-13-8-9-17(24)12-20(13)26-14(2)10-16(15(26)3)11-19-21(28)25-23(30)27(22(19)29)18-6-4-5-7-18/h8-12,18H,4-7H2,1-3H3,(H,25,28,30)/b19-11+. The van der Waals surface area contributed by atoms with Crippen molar-refractivity contribution in [3.8, 4) is 5.69 Å². The van der Waals surface area contributed by atoms with Gasteiger partial charge in [0.15, 0.2) is 0 Å². The Hall–Kier alpha value is -2.86. The van der Waals surface area contributed by atoms with Gasteiger partial charge in [0.05, 0.1) is 0 Å². The van der Waals surface area contributed by atoms with E-state index >= 15 is 0 Å². The number of carbonyl (C=O) groups is 3. The van der Waals surface area contributed by atoms with Crippen molar-refractivity contribution in [1.29, 1.82) is 0 Å². The number of imide groups is 2. The van der Waals surface area contributed by atoms with Gasteiger partial charge < -0.3 is 4.57 Å². The summed E-state index contributed by atoms with van der Waals surface area (Å²) in [7, 11) is 0. The molecular weight excluding hydrogens is 402 g/mol. The second kappa shape index (κ2) is 7.76. The molecule has 1 aromatic heterocycles. The maximum absolute atomic E-state index is 13.1. The average molecular weight is 426 g/mol. The van der Waals surface area contributed by atoms with E-state index in [1.54, 1.807) is 6.08 Å². The van der Waals surface area contributed by atoms with Gasteiger partial charge in [0.25, 0.3) is 11.8 Å². The fourth-order valence-corrected chi connectivity index (χ4v) is 4.61. The molecule has 2 heterocycles. The van der Waals surface area contributed by atoms with Crippen LogP contribution in [0.25, 0.3) is 11.8 Å². The Balaban J connectivity index is 1.75. The number of rotatable bonds is 3. The summed E-state index contributed by atoms with van der Waals surface area (Å²) in [5, 5.41) is 2.97. The molecule has 156 valence electrons. The molecule has 0 atom stereocenters. The summed E-state index contributed by atoms with van der Waals surface area (Å²) in [4.78, 5) is 39.1. The molecule has 1 N–H and O–H groups in total. The van der Waals surface area contributed by atoms with Gasteiger partial charge in [0.1, 0.15) is 5.57 Å².